The molecule has 1 saturated carbocycles. The lowest BCUT2D eigenvalue weighted by Crippen LogP contribution is -2.47. The number of anilines is 1. The minimum absolute atomic E-state index is 0.0875. The monoisotopic (exact) mass is 430 g/mol. The molecule has 3 heterocycles. The van der Waals surface area contributed by atoms with Crippen LogP contribution in [0.25, 0.3) is 11.4 Å². The summed E-state index contributed by atoms with van der Waals surface area (Å²) in [6.07, 6.45) is 9.86. The summed E-state index contributed by atoms with van der Waals surface area (Å²) < 4.78 is 1.62. The zero-order chi connectivity index (χ0) is 21.9. The molecule has 0 unspecified atom stereocenters. The Morgan fingerprint density at radius 3 is 2.53 bits per heavy atom. The summed E-state index contributed by atoms with van der Waals surface area (Å²) in [5.41, 5.74) is 3.91. The molecule has 0 amide bonds. The molecule has 1 saturated heterocycles. The molecule has 0 radical (unpaired) electrons. The van der Waals surface area contributed by atoms with Crippen LogP contribution in [0.2, 0.25) is 0 Å². The molecule has 32 heavy (non-hydrogen) atoms. The first-order valence-corrected chi connectivity index (χ1v) is 11.6. The van der Waals surface area contributed by atoms with Gasteiger partial charge in [-0.3, -0.25) is 9.36 Å². The number of hydrogen-bond acceptors (Lipinski definition) is 6. The van der Waals surface area contributed by atoms with Crippen LogP contribution in [0, 0.1) is 0 Å². The Morgan fingerprint density at radius 2 is 1.78 bits per heavy atom. The summed E-state index contributed by atoms with van der Waals surface area (Å²) in [6.45, 7) is 2.39. The van der Waals surface area contributed by atoms with Gasteiger partial charge in [-0.2, -0.15) is 0 Å². The van der Waals surface area contributed by atoms with Crippen molar-refractivity contribution in [2.75, 3.05) is 24.5 Å². The maximum atomic E-state index is 12.7. The highest BCUT2D eigenvalue weighted by Gasteiger charge is 2.25. The van der Waals surface area contributed by atoms with E-state index in [1.54, 1.807) is 23.9 Å². The molecule has 166 valence electrons. The summed E-state index contributed by atoms with van der Waals surface area (Å²) in [5, 5.41) is 3.64. The maximum absolute atomic E-state index is 12.7. The van der Waals surface area contributed by atoms with E-state index in [0.717, 1.165) is 25.6 Å². The Bertz CT molecular complexity index is 1110. The summed E-state index contributed by atoms with van der Waals surface area (Å²) in [7, 11) is 1.78. The van der Waals surface area contributed by atoms with E-state index < -0.39 is 0 Å². The zero-order valence-electron chi connectivity index (χ0n) is 18.6. The van der Waals surface area contributed by atoms with Gasteiger partial charge in [0.05, 0.1) is 11.4 Å². The number of benzene rings is 1. The normalized spacial score (nSPS) is 19.8. The van der Waals surface area contributed by atoms with Crippen LogP contribution in [-0.2, 0) is 7.05 Å². The van der Waals surface area contributed by atoms with E-state index in [2.05, 4.69) is 44.5 Å². The highest BCUT2D eigenvalue weighted by atomic mass is 16.1. The third-order valence-electron chi connectivity index (χ3n) is 6.83. The zero-order valence-corrected chi connectivity index (χ0v) is 18.6. The molecule has 0 bridgehead atoms. The third kappa shape index (κ3) is 4.30. The molecule has 1 N–H and O–H groups in total. The molecule has 7 nitrogen and oxygen atoms in total. The number of piperazine rings is 1. The summed E-state index contributed by atoms with van der Waals surface area (Å²) in [5.74, 6) is 1.40. The molecule has 0 spiro atoms. The number of nitrogens with zero attached hydrogens (tertiary/aromatic N) is 5. The van der Waals surface area contributed by atoms with Crippen LogP contribution in [0.5, 0.6) is 0 Å². The molecule has 2 aliphatic rings. The fraction of sp³-hybridized carbons (Fsp3) is 0.440. The first-order valence-electron chi connectivity index (χ1n) is 11.6. The number of nitrogens with one attached hydrogen (secondary N) is 1. The van der Waals surface area contributed by atoms with Crippen LogP contribution in [0.4, 0.5) is 5.95 Å². The van der Waals surface area contributed by atoms with Gasteiger partial charge in [0.25, 0.3) is 5.56 Å². The van der Waals surface area contributed by atoms with Gasteiger partial charge < -0.3 is 10.2 Å². The highest BCUT2D eigenvalue weighted by Crippen LogP contribution is 2.33. The lowest BCUT2D eigenvalue weighted by molar-refractivity contribution is 0.442. The molecule has 2 aromatic heterocycles. The van der Waals surface area contributed by atoms with Crippen LogP contribution in [0.1, 0.15) is 55.2 Å². The van der Waals surface area contributed by atoms with E-state index in [4.69, 9.17) is 4.98 Å². The van der Waals surface area contributed by atoms with Gasteiger partial charge in [-0.15, -0.1) is 0 Å². The van der Waals surface area contributed by atoms with Gasteiger partial charge in [0.15, 0.2) is 0 Å². The minimum Gasteiger partial charge on any atom is -0.339 e. The molecule has 1 aliphatic heterocycles. The summed E-state index contributed by atoms with van der Waals surface area (Å²) in [4.78, 5) is 27.9. The van der Waals surface area contributed by atoms with Crippen molar-refractivity contribution in [1.29, 1.82) is 0 Å². The molecular formula is C25H30N6O. The van der Waals surface area contributed by atoms with E-state index >= 15 is 0 Å². The second kappa shape index (κ2) is 9.20. The Labute approximate surface area is 188 Å². The van der Waals surface area contributed by atoms with Crippen molar-refractivity contribution in [2.24, 2.45) is 7.05 Å². The van der Waals surface area contributed by atoms with Gasteiger partial charge in [0, 0.05) is 45.0 Å². The molecule has 1 aliphatic carbocycles. The van der Waals surface area contributed by atoms with Crippen molar-refractivity contribution in [3.63, 3.8) is 0 Å². The summed E-state index contributed by atoms with van der Waals surface area (Å²) >= 11 is 0. The van der Waals surface area contributed by atoms with Crippen molar-refractivity contribution in [2.45, 2.75) is 44.1 Å². The van der Waals surface area contributed by atoms with Crippen LogP contribution in [-0.4, -0.2) is 39.2 Å². The first kappa shape index (κ1) is 20.8. The van der Waals surface area contributed by atoms with Crippen LogP contribution in [0.15, 0.2) is 53.7 Å². The van der Waals surface area contributed by atoms with E-state index in [-0.39, 0.29) is 11.6 Å². The fourth-order valence-corrected chi connectivity index (χ4v) is 4.97. The van der Waals surface area contributed by atoms with Crippen LogP contribution in [0.3, 0.4) is 0 Å². The number of hydrogen-bond donors (Lipinski definition) is 1. The van der Waals surface area contributed by atoms with Crippen molar-refractivity contribution in [1.82, 2.24) is 24.8 Å². The number of rotatable bonds is 4. The lowest BCUT2D eigenvalue weighted by atomic mass is 9.83. The summed E-state index contributed by atoms with van der Waals surface area (Å²) in [6, 6.07) is 12.7. The van der Waals surface area contributed by atoms with Crippen molar-refractivity contribution in [3.05, 3.63) is 70.4 Å². The van der Waals surface area contributed by atoms with Crippen molar-refractivity contribution in [3.8, 4) is 11.4 Å². The smallest absolute Gasteiger partial charge is 0.255 e. The highest BCUT2D eigenvalue weighted by molar-refractivity contribution is 5.55. The Hall–Kier alpha value is -3.06. The molecule has 1 aromatic carbocycles. The molecule has 3 aromatic rings. The standard InChI is InChI=1S/C25H30N6O/c1-30-24(32)15-22(21-11-12-26-17-28-21)29-25(30)31-14-13-27-23(16-31)20-9-7-19(8-10-20)18-5-3-2-4-6-18/h7-12,15,17-18,23,27H,2-6,13-14,16H2,1H3/t23-/m1/s1. The average molecular weight is 431 g/mol. The topological polar surface area (TPSA) is 75.9 Å². The van der Waals surface area contributed by atoms with Gasteiger partial charge in [-0.25, -0.2) is 15.0 Å². The van der Waals surface area contributed by atoms with Crippen molar-refractivity contribution < 1.29 is 0 Å². The molecular weight excluding hydrogens is 400 g/mol. The van der Waals surface area contributed by atoms with E-state index in [1.165, 1.54) is 55.6 Å². The Kier molecular flexibility index (Phi) is 5.99. The van der Waals surface area contributed by atoms with E-state index in [0.29, 0.717) is 17.3 Å². The Balaban J connectivity index is 1.37. The molecule has 5 rings (SSSR count). The largest absolute Gasteiger partial charge is 0.339 e. The molecule has 2 fully saturated rings. The van der Waals surface area contributed by atoms with Crippen molar-refractivity contribution >= 4 is 5.95 Å². The minimum atomic E-state index is -0.0875. The first-order chi connectivity index (χ1) is 15.7. The molecule has 1 atom stereocenters. The molecule has 7 heteroatoms. The lowest BCUT2D eigenvalue weighted by Gasteiger charge is -2.35. The SMILES string of the molecule is Cn1c(N2CCN[C@@H](c3ccc(C4CCCCC4)cc3)C2)nc(-c2ccncn2)cc1=O. The van der Waals surface area contributed by atoms with Gasteiger partial charge >= 0.3 is 0 Å². The average Bonchev–Trinajstić information content (AvgIpc) is 2.87. The number of aromatic nitrogens is 4. The van der Waals surface area contributed by atoms with Gasteiger partial charge in [-0.1, -0.05) is 43.5 Å². The van der Waals surface area contributed by atoms with E-state index in [9.17, 15) is 4.79 Å². The van der Waals surface area contributed by atoms with Gasteiger partial charge in [0.2, 0.25) is 5.95 Å². The fourth-order valence-electron chi connectivity index (χ4n) is 4.97. The van der Waals surface area contributed by atoms with E-state index in [1.807, 2.05) is 0 Å². The predicted molar refractivity (Wildman–Crippen MR) is 126 cm³/mol. The maximum Gasteiger partial charge on any atom is 0.255 e. The van der Waals surface area contributed by atoms with Crippen LogP contribution >= 0.6 is 0 Å². The van der Waals surface area contributed by atoms with Crippen LogP contribution < -0.4 is 15.8 Å². The van der Waals surface area contributed by atoms with Gasteiger partial charge in [0.1, 0.15) is 6.33 Å². The predicted octanol–water partition coefficient (Wildman–Crippen LogP) is 3.44. The Morgan fingerprint density at radius 1 is 1.00 bits per heavy atom. The quantitative estimate of drug-likeness (QED) is 0.683. The second-order valence-electron chi connectivity index (χ2n) is 8.89. The third-order valence-corrected chi connectivity index (χ3v) is 6.83. The second-order valence-corrected chi connectivity index (χ2v) is 8.89. The van der Waals surface area contributed by atoms with Gasteiger partial charge in [-0.05, 0) is 36.0 Å².